The van der Waals surface area contributed by atoms with Crippen molar-refractivity contribution in [1.29, 1.82) is 0 Å². The maximum Gasteiger partial charge on any atom is 0.305 e. The third kappa shape index (κ3) is 8.91. The number of halogens is 1. The van der Waals surface area contributed by atoms with Gasteiger partial charge in [-0.15, -0.1) is 0 Å². The second kappa shape index (κ2) is 14.3. The van der Waals surface area contributed by atoms with E-state index in [9.17, 15) is 28.4 Å². The predicted octanol–water partition coefficient (Wildman–Crippen LogP) is 2.91. The zero-order chi connectivity index (χ0) is 26.5. The third-order valence-electron chi connectivity index (χ3n) is 4.84. The van der Waals surface area contributed by atoms with Gasteiger partial charge in [0.25, 0.3) is 11.5 Å². The Hall–Kier alpha value is -4.12. The number of carboxylic acids is 1. The fraction of sp³-hybridized carbons (Fsp3) is 0.240. The molecule has 3 N–H and O–H groups in total. The Balaban J connectivity index is 0.000000558. The Morgan fingerprint density at radius 3 is 2.36 bits per heavy atom. The van der Waals surface area contributed by atoms with Crippen molar-refractivity contribution in [1.82, 2.24) is 9.88 Å². The Labute approximate surface area is 210 Å². The number of alkyl halides is 1. The molecule has 0 aliphatic carbocycles. The average molecular weight is 516 g/mol. The Kier molecular flexibility index (Phi) is 11.2. The van der Waals surface area contributed by atoms with E-state index in [4.69, 9.17) is 5.11 Å². The van der Waals surface area contributed by atoms with E-state index >= 15 is 0 Å². The Morgan fingerprint density at radius 1 is 1.08 bits per heavy atom. The summed E-state index contributed by atoms with van der Waals surface area (Å²) in [7, 11) is 0. The molecule has 0 saturated heterocycles. The summed E-state index contributed by atoms with van der Waals surface area (Å²) in [5, 5.41) is 17.6. The first-order chi connectivity index (χ1) is 17.2. The quantitative estimate of drug-likeness (QED) is 0.380. The minimum absolute atomic E-state index is 0.0731. The number of aromatic nitrogens is 1. The molecule has 1 aromatic carbocycles. The summed E-state index contributed by atoms with van der Waals surface area (Å²) < 4.78 is 13.5. The van der Waals surface area contributed by atoms with Gasteiger partial charge >= 0.3 is 5.97 Å². The lowest BCUT2D eigenvalue weighted by atomic mass is 10.1. The van der Waals surface area contributed by atoms with Crippen molar-refractivity contribution in [3.63, 3.8) is 0 Å². The molecule has 0 spiro atoms. The SMILES string of the molecule is CCc1ccsc1.O=C(O)CC(NC(=O)Cn1cccc(NC(=O)c2ccccc2)c1=O)C(=O)CF. The van der Waals surface area contributed by atoms with E-state index in [2.05, 4.69) is 34.4 Å². The van der Waals surface area contributed by atoms with E-state index in [1.807, 2.05) is 0 Å². The molecule has 0 aliphatic rings. The van der Waals surface area contributed by atoms with E-state index in [-0.39, 0.29) is 5.69 Å². The molecule has 0 radical (unpaired) electrons. The number of Topliss-reactive ketones (excluding diaryl/α,β-unsaturated/α-hetero) is 1. The molecular weight excluding hydrogens is 489 g/mol. The summed E-state index contributed by atoms with van der Waals surface area (Å²) in [6.45, 7) is 0.185. The van der Waals surface area contributed by atoms with Crippen molar-refractivity contribution in [2.24, 2.45) is 0 Å². The average Bonchev–Trinajstić information content (AvgIpc) is 3.40. The number of hydrogen-bond donors (Lipinski definition) is 3. The van der Waals surface area contributed by atoms with Crippen LogP contribution in [0, 0.1) is 0 Å². The van der Waals surface area contributed by atoms with Crippen LogP contribution >= 0.6 is 11.3 Å². The number of aliphatic carboxylic acids is 1. The van der Waals surface area contributed by atoms with Gasteiger partial charge < -0.3 is 20.3 Å². The summed E-state index contributed by atoms with van der Waals surface area (Å²) in [6.07, 6.45) is 1.67. The molecule has 3 aromatic rings. The molecule has 2 heterocycles. The van der Waals surface area contributed by atoms with Gasteiger partial charge in [0.05, 0.1) is 6.42 Å². The zero-order valence-electron chi connectivity index (χ0n) is 19.5. The lowest BCUT2D eigenvalue weighted by molar-refractivity contribution is -0.140. The lowest BCUT2D eigenvalue weighted by Gasteiger charge is -2.15. The molecule has 0 bridgehead atoms. The molecule has 0 fully saturated rings. The maximum atomic E-state index is 12.6. The van der Waals surface area contributed by atoms with E-state index in [0.717, 1.165) is 4.57 Å². The fourth-order valence-corrected chi connectivity index (χ4v) is 3.69. The second-order valence-electron chi connectivity index (χ2n) is 7.48. The minimum Gasteiger partial charge on any atom is -0.481 e. The molecule has 190 valence electrons. The smallest absolute Gasteiger partial charge is 0.305 e. The molecule has 3 rings (SSSR count). The number of nitrogens with one attached hydrogen (secondary N) is 2. The highest BCUT2D eigenvalue weighted by molar-refractivity contribution is 7.07. The molecule has 2 aromatic heterocycles. The van der Waals surface area contributed by atoms with Crippen LogP contribution in [-0.2, 0) is 27.3 Å². The highest BCUT2D eigenvalue weighted by Gasteiger charge is 2.23. The van der Waals surface area contributed by atoms with E-state index < -0.39 is 54.8 Å². The first-order valence-corrected chi connectivity index (χ1v) is 11.9. The van der Waals surface area contributed by atoms with Gasteiger partial charge in [0.2, 0.25) is 5.91 Å². The van der Waals surface area contributed by atoms with Gasteiger partial charge in [0.1, 0.15) is 24.9 Å². The first-order valence-electron chi connectivity index (χ1n) is 10.9. The van der Waals surface area contributed by atoms with Crippen LogP contribution in [-0.4, -0.2) is 46.0 Å². The van der Waals surface area contributed by atoms with Crippen LogP contribution in [0.2, 0.25) is 0 Å². The van der Waals surface area contributed by atoms with Crippen LogP contribution in [0.25, 0.3) is 0 Å². The summed E-state index contributed by atoms with van der Waals surface area (Å²) in [5.74, 6) is -3.84. The molecule has 36 heavy (non-hydrogen) atoms. The Bertz CT molecular complexity index is 1230. The number of nitrogens with zero attached hydrogens (tertiary/aromatic N) is 1. The summed E-state index contributed by atoms with van der Waals surface area (Å²) in [4.78, 5) is 59.0. The number of pyridine rings is 1. The molecule has 0 aliphatic heterocycles. The monoisotopic (exact) mass is 515 g/mol. The number of carbonyl (C=O) groups is 4. The van der Waals surface area contributed by atoms with Crippen molar-refractivity contribution in [3.05, 3.63) is 87.0 Å². The van der Waals surface area contributed by atoms with Crippen molar-refractivity contribution < 1.29 is 28.7 Å². The molecule has 1 atom stereocenters. The number of hydrogen-bond acceptors (Lipinski definition) is 6. The van der Waals surface area contributed by atoms with Crippen LogP contribution in [0.5, 0.6) is 0 Å². The highest BCUT2D eigenvalue weighted by atomic mass is 32.1. The molecule has 0 saturated carbocycles. The lowest BCUT2D eigenvalue weighted by Crippen LogP contribution is -2.45. The molecule has 11 heteroatoms. The van der Waals surface area contributed by atoms with Gasteiger partial charge in [-0.05, 0) is 53.1 Å². The van der Waals surface area contributed by atoms with Crippen LogP contribution in [0.15, 0.2) is 70.3 Å². The molecule has 9 nitrogen and oxygen atoms in total. The number of thiophene rings is 1. The number of aryl methyl sites for hydroxylation is 1. The first kappa shape index (κ1) is 28.1. The number of anilines is 1. The topological polar surface area (TPSA) is 135 Å². The predicted molar refractivity (Wildman–Crippen MR) is 134 cm³/mol. The minimum atomic E-state index is -1.54. The van der Waals surface area contributed by atoms with Gasteiger partial charge in [0.15, 0.2) is 5.78 Å². The van der Waals surface area contributed by atoms with Crippen molar-refractivity contribution >= 4 is 40.6 Å². The fourth-order valence-electron chi connectivity index (χ4n) is 2.94. The number of carboxylic acid groups (broad SMARTS) is 1. The number of rotatable bonds is 10. The normalized spacial score (nSPS) is 10.9. The maximum absolute atomic E-state index is 12.6. The van der Waals surface area contributed by atoms with E-state index in [0.29, 0.717) is 5.56 Å². The van der Waals surface area contributed by atoms with Crippen molar-refractivity contribution in [2.45, 2.75) is 32.4 Å². The summed E-state index contributed by atoms with van der Waals surface area (Å²) in [6, 6.07) is 11.6. The molecule has 1 unspecified atom stereocenters. The van der Waals surface area contributed by atoms with Crippen LogP contribution in [0.3, 0.4) is 0 Å². The molecular formula is C25H26FN3O6S. The standard InChI is InChI=1S/C19H18FN3O6.C6H8S/c20-10-15(24)14(9-17(26)27)21-16(25)11-23-8-4-7-13(19(23)29)22-18(28)12-5-2-1-3-6-12;1-2-6-3-4-7-5-6/h1-8,14H,9-11H2,(H,21,25)(H,22,28)(H,26,27);3-5H,2H2,1H3. The summed E-state index contributed by atoms with van der Waals surface area (Å²) >= 11 is 1.76. The zero-order valence-corrected chi connectivity index (χ0v) is 20.3. The van der Waals surface area contributed by atoms with Crippen molar-refractivity contribution in [2.75, 3.05) is 12.0 Å². The van der Waals surface area contributed by atoms with Gasteiger partial charge in [-0.25, -0.2) is 4.39 Å². The number of carbonyl (C=O) groups excluding carboxylic acids is 3. The number of amides is 2. The van der Waals surface area contributed by atoms with E-state index in [1.54, 1.807) is 41.7 Å². The highest BCUT2D eigenvalue weighted by Crippen LogP contribution is 2.06. The Morgan fingerprint density at radius 2 is 1.81 bits per heavy atom. The van der Waals surface area contributed by atoms with E-state index in [1.165, 1.54) is 30.3 Å². The number of benzene rings is 1. The van der Waals surface area contributed by atoms with Gasteiger partial charge in [0, 0.05) is 11.8 Å². The van der Waals surface area contributed by atoms with Crippen LogP contribution in [0.1, 0.15) is 29.3 Å². The number of ketones is 1. The largest absolute Gasteiger partial charge is 0.481 e. The van der Waals surface area contributed by atoms with Gasteiger partial charge in [-0.1, -0.05) is 25.1 Å². The van der Waals surface area contributed by atoms with Gasteiger partial charge in [-0.2, -0.15) is 11.3 Å². The second-order valence-corrected chi connectivity index (χ2v) is 8.26. The summed E-state index contributed by atoms with van der Waals surface area (Å²) in [5.41, 5.74) is 1.03. The van der Waals surface area contributed by atoms with Gasteiger partial charge in [-0.3, -0.25) is 24.0 Å². The van der Waals surface area contributed by atoms with Crippen molar-refractivity contribution in [3.8, 4) is 0 Å². The third-order valence-corrected chi connectivity index (χ3v) is 5.57. The van der Waals surface area contributed by atoms with Crippen LogP contribution in [0.4, 0.5) is 10.1 Å². The van der Waals surface area contributed by atoms with Crippen LogP contribution < -0.4 is 16.2 Å². The molecule has 2 amide bonds.